The van der Waals surface area contributed by atoms with E-state index in [2.05, 4.69) is 30.3 Å². The minimum atomic E-state index is -1.35. The summed E-state index contributed by atoms with van der Waals surface area (Å²) in [5, 5.41) is 4.33. The van der Waals surface area contributed by atoms with Crippen molar-refractivity contribution < 1.29 is 33.0 Å². The van der Waals surface area contributed by atoms with Gasteiger partial charge in [0.15, 0.2) is 0 Å². The van der Waals surface area contributed by atoms with Crippen LogP contribution in [-0.4, -0.2) is 67.4 Å². The van der Waals surface area contributed by atoms with Crippen LogP contribution in [-0.2, 0) is 19.1 Å². The van der Waals surface area contributed by atoms with Gasteiger partial charge in [0.1, 0.15) is 22.8 Å². The van der Waals surface area contributed by atoms with Gasteiger partial charge >= 0.3 is 18.0 Å². The number of carbonyl (C=O) groups is 4. The lowest BCUT2D eigenvalue weighted by Gasteiger charge is -2.30. The molecule has 2 N–H and O–H groups in total. The first-order chi connectivity index (χ1) is 19.1. The van der Waals surface area contributed by atoms with Crippen molar-refractivity contribution in [2.75, 3.05) is 24.2 Å². The second-order valence-electron chi connectivity index (χ2n) is 11.9. The average molecular weight is 604 g/mol. The fourth-order valence-corrected chi connectivity index (χ4v) is 6.13. The van der Waals surface area contributed by atoms with E-state index in [1.54, 1.807) is 57.2 Å². The Balaban J connectivity index is 1.66. The van der Waals surface area contributed by atoms with Gasteiger partial charge in [-0.3, -0.25) is 4.79 Å². The van der Waals surface area contributed by atoms with E-state index < -0.39 is 61.3 Å². The number of hydrogen-bond donors (Lipinski definition) is 2. The van der Waals surface area contributed by atoms with E-state index in [1.807, 2.05) is 0 Å². The van der Waals surface area contributed by atoms with E-state index in [1.165, 1.54) is 28.8 Å². The molecule has 41 heavy (non-hydrogen) atoms. The summed E-state index contributed by atoms with van der Waals surface area (Å²) in [6.07, 6.45) is 0. The Kier molecular flexibility index (Phi) is 10.6. The smallest absolute Gasteiger partial charge is 0.338 e. The monoisotopic (exact) mass is 603 g/mol. The van der Waals surface area contributed by atoms with Crippen molar-refractivity contribution in [2.45, 2.75) is 63.5 Å². The van der Waals surface area contributed by atoms with Crippen molar-refractivity contribution in [1.82, 2.24) is 10.2 Å². The molecule has 0 bridgehead atoms. The van der Waals surface area contributed by atoms with Gasteiger partial charge in [-0.25, -0.2) is 18.8 Å². The first kappa shape index (κ1) is 32.1. The van der Waals surface area contributed by atoms with Gasteiger partial charge in [-0.1, -0.05) is 43.9 Å². The number of halogens is 1. The second-order valence-corrected chi connectivity index (χ2v) is 18.6. The zero-order valence-electron chi connectivity index (χ0n) is 24.3. The molecule has 0 aromatic heterocycles. The summed E-state index contributed by atoms with van der Waals surface area (Å²) in [4.78, 5) is 52.7. The molecule has 0 spiro atoms. The Bertz CT molecular complexity index is 1280. The van der Waals surface area contributed by atoms with E-state index in [4.69, 9.17) is 9.47 Å². The van der Waals surface area contributed by atoms with Crippen molar-refractivity contribution in [2.24, 2.45) is 0 Å². The lowest BCUT2D eigenvalue weighted by atomic mass is 10.1. The Morgan fingerprint density at radius 2 is 1.78 bits per heavy atom. The quantitative estimate of drug-likeness (QED) is 0.290. The molecule has 2 aromatic carbocycles. The third-order valence-corrected chi connectivity index (χ3v) is 8.99. The maximum Gasteiger partial charge on any atom is 0.338 e. The van der Waals surface area contributed by atoms with Crippen molar-refractivity contribution in [3.05, 3.63) is 65.5 Å². The van der Waals surface area contributed by atoms with Crippen LogP contribution >= 0.6 is 11.8 Å². The van der Waals surface area contributed by atoms with Crippen LogP contribution in [0.25, 0.3) is 0 Å². The van der Waals surface area contributed by atoms with Gasteiger partial charge in [0.2, 0.25) is 5.91 Å². The number of amides is 3. The molecule has 2 atom stereocenters. The summed E-state index contributed by atoms with van der Waals surface area (Å²) in [6, 6.07) is 11.6. The van der Waals surface area contributed by atoms with Crippen molar-refractivity contribution >= 4 is 49.4 Å². The summed E-state index contributed by atoms with van der Waals surface area (Å²) in [6.45, 7) is 11.6. The summed E-state index contributed by atoms with van der Waals surface area (Å²) in [7, 11) is -1.35. The number of nitrogens with one attached hydrogen (secondary N) is 2. The molecule has 9 nitrogen and oxygen atoms in total. The highest BCUT2D eigenvalue weighted by molar-refractivity contribution is 7.99. The average Bonchev–Trinajstić information content (AvgIpc) is 3.31. The molecule has 12 heteroatoms. The SMILES string of the molecule is CC(C)(C)OC(=O)[C@@H]1CS[C@H](c2ccccc2F)N1C(=O)CNC(=O)Nc1cccc(C(=O)OCC[Si](C)(C)C)c1. The minimum absolute atomic E-state index is 0.215. The molecule has 2 aromatic rings. The van der Waals surface area contributed by atoms with Crippen LogP contribution in [0.15, 0.2) is 48.5 Å². The van der Waals surface area contributed by atoms with Crippen molar-refractivity contribution in [3.63, 3.8) is 0 Å². The van der Waals surface area contributed by atoms with Crippen LogP contribution in [0.1, 0.15) is 42.1 Å². The number of ether oxygens (including phenoxy) is 2. The summed E-state index contributed by atoms with van der Waals surface area (Å²) >= 11 is 1.25. The highest BCUT2D eigenvalue weighted by Gasteiger charge is 2.44. The highest BCUT2D eigenvalue weighted by Crippen LogP contribution is 2.42. The number of anilines is 1. The van der Waals surface area contributed by atoms with Gasteiger partial charge in [0.05, 0.1) is 18.7 Å². The Morgan fingerprint density at radius 3 is 2.44 bits per heavy atom. The number of esters is 2. The molecular weight excluding hydrogens is 565 g/mol. The van der Waals surface area contributed by atoms with Crippen LogP contribution in [0, 0.1) is 5.82 Å². The maximum atomic E-state index is 14.7. The topological polar surface area (TPSA) is 114 Å². The molecule has 1 heterocycles. The first-order valence-corrected chi connectivity index (χ1v) is 18.1. The van der Waals surface area contributed by atoms with Crippen LogP contribution in [0.3, 0.4) is 0 Å². The van der Waals surface area contributed by atoms with Gasteiger partial charge in [-0.2, -0.15) is 0 Å². The number of hydrogen-bond acceptors (Lipinski definition) is 7. The molecule has 3 amide bonds. The molecule has 0 unspecified atom stereocenters. The predicted octanol–water partition coefficient (Wildman–Crippen LogP) is 5.43. The van der Waals surface area contributed by atoms with Gasteiger partial charge in [-0.15, -0.1) is 11.8 Å². The number of carbonyl (C=O) groups excluding carboxylic acids is 4. The summed E-state index contributed by atoms with van der Waals surface area (Å²) < 4.78 is 25.5. The zero-order chi connectivity index (χ0) is 30.4. The highest BCUT2D eigenvalue weighted by atomic mass is 32.2. The van der Waals surface area contributed by atoms with Crippen molar-refractivity contribution in [3.8, 4) is 0 Å². The molecule has 0 saturated carbocycles. The number of thioether (sulfide) groups is 1. The molecular formula is C29H38FN3O6SSi. The number of urea groups is 1. The van der Waals surface area contributed by atoms with Crippen LogP contribution in [0.4, 0.5) is 14.9 Å². The molecule has 1 aliphatic heterocycles. The number of benzene rings is 2. The number of rotatable bonds is 9. The van der Waals surface area contributed by atoms with Crippen LogP contribution in [0.2, 0.25) is 25.7 Å². The first-order valence-electron chi connectivity index (χ1n) is 13.4. The van der Waals surface area contributed by atoms with E-state index in [-0.39, 0.29) is 16.9 Å². The Morgan fingerprint density at radius 1 is 1.07 bits per heavy atom. The van der Waals surface area contributed by atoms with Crippen LogP contribution < -0.4 is 10.6 Å². The standard InChI is InChI=1S/C29H38FN3O6SSi/c1-29(2,3)39-27(36)23-18-40-25(21-12-7-8-13-22(21)30)33(23)24(34)17-31-28(37)32-20-11-9-10-19(16-20)26(35)38-14-15-41(4,5)6/h7-13,16,23,25H,14-15,17-18H2,1-6H3,(H2,31,32,37)/t23-,25+/m0/s1. The van der Waals surface area contributed by atoms with Crippen molar-refractivity contribution in [1.29, 1.82) is 0 Å². The molecule has 0 radical (unpaired) electrons. The van der Waals surface area contributed by atoms with E-state index >= 15 is 0 Å². The lowest BCUT2D eigenvalue weighted by Crippen LogP contribution is -2.49. The molecule has 1 saturated heterocycles. The van der Waals surface area contributed by atoms with Gasteiger partial charge in [0.25, 0.3) is 0 Å². The summed E-state index contributed by atoms with van der Waals surface area (Å²) in [5.74, 6) is -1.95. The molecule has 1 fully saturated rings. The van der Waals surface area contributed by atoms with Gasteiger partial charge < -0.3 is 25.0 Å². The molecule has 1 aliphatic rings. The molecule has 222 valence electrons. The predicted molar refractivity (Wildman–Crippen MR) is 160 cm³/mol. The van der Waals surface area contributed by atoms with E-state index in [9.17, 15) is 23.6 Å². The summed E-state index contributed by atoms with van der Waals surface area (Å²) in [5.41, 5.74) is 0.105. The fraction of sp³-hybridized carbons (Fsp3) is 0.448. The van der Waals surface area contributed by atoms with E-state index in [0.717, 1.165) is 6.04 Å². The number of nitrogens with zero attached hydrogens (tertiary/aromatic N) is 1. The maximum absolute atomic E-state index is 14.7. The Labute approximate surface area is 245 Å². The molecule has 3 rings (SSSR count). The third-order valence-electron chi connectivity index (χ3n) is 5.98. The minimum Gasteiger partial charge on any atom is -0.462 e. The van der Waals surface area contributed by atoms with Crippen LogP contribution in [0.5, 0.6) is 0 Å². The largest absolute Gasteiger partial charge is 0.462 e. The third kappa shape index (κ3) is 9.60. The molecule has 0 aliphatic carbocycles. The van der Waals surface area contributed by atoms with E-state index in [0.29, 0.717) is 12.3 Å². The van der Waals surface area contributed by atoms with Gasteiger partial charge in [-0.05, 0) is 51.1 Å². The Hall–Kier alpha value is -3.38. The fourth-order valence-electron chi connectivity index (χ4n) is 3.96. The lowest BCUT2D eigenvalue weighted by molar-refractivity contribution is -0.163. The zero-order valence-corrected chi connectivity index (χ0v) is 26.1. The second kappa shape index (κ2) is 13.5. The van der Waals surface area contributed by atoms with Gasteiger partial charge in [0, 0.05) is 25.1 Å². The normalized spacial score (nSPS) is 17.1.